The second-order valence-corrected chi connectivity index (χ2v) is 12.9. The highest BCUT2D eigenvalue weighted by Crippen LogP contribution is 2.56. The van der Waals surface area contributed by atoms with Crippen molar-refractivity contribution in [3.05, 3.63) is 42.0 Å². The van der Waals surface area contributed by atoms with E-state index in [1.54, 1.807) is 7.11 Å². The largest absolute Gasteiger partial charge is 0.497 e. The number of allylic oxidation sites excluding steroid dienone is 1. The Morgan fingerprint density at radius 3 is 2.62 bits per heavy atom. The average Bonchev–Trinajstić information content (AvgIpc) is 3.13. The van der Waals surface area contributed by atoms with Gasteiger partial charge in [-0.15, -0.1) is 12.4 Å². The van der Waals surface area contributed by atoms with Crippen molar-refractivity contribution in [3.63, 3.8) is 0 Å². The van der Waals surface area contributed by atoms with Gasteiger partial charge in [-0.25, -0.2) is 0 Å². The first-order valence-corrected chi connectivity index (χ1v) is 14.0. The lowest BCUT2D eigenvalue weighted by Crippen LogP contribution is -2.46. The van der Waals surface area contributed by atoms with Crippen LogP contribution in [0.5, 0.6) is 5.75 Å². The molecule has 206 valence electrons. The zero-order valence-electron chi connectivity index (χ0n) is 23.1. The van der Waals surface area contributed by atoms with E-state index in [4.69, 9.17) is 14.2 Å². The van der Waals surface area contributed by atoms with Gasteiger partial charge >= 0.3 is 5.97 Å². The number of hydrogen-bond acceptors (Lipinski definition) is 5. The van der Waals surface area contributed by atoms with E-state index in [-0.39, 0.29) is 46.8 Å². The number of hydrogen-bond donors (Lipinski definition) is 1. The molecule has 6 atom stereocenters. The Morgan fingerprint density at radius 2 is 1.92 bits per heavy atom. The summed E-state index contributed by atoms with van der Waals surface area (Å²) in [6.45, 7) is 13.6. The molecule has 37 heavy (non-hydrogen) atoms. The van der Waals surface area contributed by atoms with Crippen molar-refractivity contribution in [1.82, 2.24) is 5.32 Å². The summed E-state index contributed by atoms with van der Waals surface area (Å²) in [5.74, 6) is 1.69. The minimum absolute atomic E-state index is 0. The number of nitrogens with one attached hydrogen (secondary N) is 1. The second-order valence-electron chi connectivity index (χ2n) is 12.9. The first-order valence-electron chi connectivity index (χ1n) is 14.0. The third-order valence-electron chi connectivity index (χ3n) is 10.0. The molecule has 1 N–H and O–H groups in total. The van der Waals surface area contributed by atoms with Crippen molar-refractivity contribution < 1.29 is 19.0 Å². The van der Waals surface area contributed by atoms with Crippen molar-refractivity contribution >= 4 is 18.4 Å². The van der Waals surface area contributed by atoms with Gasteiger partial charge in [0.2, 0.25) is 0 Å². The van der Waals surface area contributed by atoms with Gasteiger partial charge in [0.05, 0.1) is 18.6 Å². The number of benzene rings is 1. The maximum atomic E-state index is 12.9. The van der Waals surface area contributed by atoms with E-state index in [9.17, 15) is 4.79 Å². The number of carbonyl (C=O) groups is 1. The Bertz CT molecular complexity index is 978. The minimum atomic E-state index is -0.155. The summed E-state index contributed by atoms with van der Waals surface area (Å²) in [4.78, 5) is 12.9. The molecule has 4 fully saturated rings. The van der Waals surface area contributed by atoms with Crippen molar-refractivity contribution in [2.75, 3.05) is 26.8 Å². The Balaban J connectivity index is 0.00000320. The normalized spacial score (nSPS) is 36.6. The molecule has 2 saturated heterocycles. The van der Waals surface area contributed by atoms with E-state index in [1.807, 2.05) is 0 Å². The number of halogens is 1. The third-order valence-corrected chi connectivity index (χ3v) is 10.0. The van der Waals surface area contributed by atoms with Gasteiger partial charge < -0.3 is 19.5 Å². The highest BCUT2D eigenvalue weighted by atomic mass is 35.5. The molecule has 0 spiro atoms. The molecule has 0 amide bonds. The molecule has 2 heterocycles. The molecule has 4 aliphatic rings. The fraction of sp³-hybridized carbons (Fsp3) is 0.710. The lowest BCUT2D eigenvalue weighted by Gasteiger charge is -2.50. The lowest BCUT2D eigenvalue weighted by atomic mass is 9.55. The highest BCUT2D eigenvalue weighted by molar-refractivity contribution is 5.85. The summed E-state index contributed by atoms with van der Waals surface area (Å²) < 4.78 is 17.5. The fourth-order valence-electron chi connectivity index (χ4n) is 8.10. The molecule has 1 aromatic rings. The molecule has 2 saturated carbocycles. The molecule has 0 bridgehead atoms. The number of carbonyl (C=O) groups excluding carboxylic acids is 1. The molecular weight excluding hydrogens is 486 g/mol. The number of esters is 1. The number of methoxy groups -OCH3 is 1. The van der Waals surface area contributed by atoms with Crippen LogP contribution in [0.1, 0.15) is 77.7 Å². The van der Waals surface area contributed by atoms with E-state index in [0.29, 0.717) is 18.4 Å². The molecule has 0 radical (unpaired) electrons. The second kappa shape index (κ2) is 10.9. The van der Waals surface area contributed by atoms with Gasteiger partial charge in [-0.2, -0.15) is 0 Å². The van der Waals surface area contributed by atoms with E-state index in [0.717, 1.165) is 57.4 Å². The van der Waals surface area contributed by atoms with Gasteiger partial charge in [-0.3, -0.25) is 4.79 Å². The predicted octanol–water partition coefficient (Wildman–Crippen LogP) is 6.24. The highest BCUT2D eigenvalue weighted by Gasteiger charge is 2.55. The number of fused-ring (bicyclic) bond motifs is 2. The fourth-order valence-corrected chi connectivity index (χ4v) is 8.10. The minimum Gasteiger partial charge on any atom is -0.497 e. The first kappa shape index (κ1) is 28.4. The molecule has 5 rings (SSSR count). The lowest BCUT2D eigenvalue weighted by molar-refractivity contribution is -0.146. The van der Waals surface area contributed by atoms with Crippen LogP contribution in [0.4, 0.5) is 0 Å². The van der Waals surface area contributed by atoms with Crippen LogP contribution in [-0.4, -0.2) is 44.5 Å². The Labute approximate surface area is 229 Å². The van der Waals surface area contributed by atoms with Crippen molar-refractivity contribution in [1.29, 1.82) is 0 Å². The van der Waals surface area contributed by atoms with Crippen LogP contribution in [0.25, 0.3) is 0 Å². The van der Waals surface area contributed by atoms with Gasteiger partial charge in [-0.1, -0.05) is 31.2 Å². The first-order chi connectivity index (χ1) is 17.1. The average molecular weight is 532 g/mol. The summed E-state index contributed by atoms with van der Waals surface area (Å²) in [6.07, 6.45) is 8.73. The zero-order chi connectivity index (χ0) is 25.6. The summed E-state index contributed by atoms with van der Waals surface area (Å²) in [6, 6.07) is 8.57. The van der Waals surface area contributed by atoms with E-state index < -0.39 is 0 Å². The van der Waals surface area contributed by atoms with Crippen molar-refractivity contribution in [2.24, 2.45) is 23.2 Å². The smallest absolute Gasteiger partial charge is 0.310 e. The van der Waals surface area contributed by atoms with Crippen LogP contribution >= 0.6 is 12.4 Å². The summed E-state index contributed by atoms with van der Waals surface area (Å²) in [5.41, 5.74) is 2.89. The Hall–Kier alpha value is -1.56. The maximum Gasteiger partial charge on any atom is 0.310 e. The number of ether oxygens (including phenoxy) is 3. The van der Waals surface area contributed by atoms with Crippen LogP contribution in [0.3, 0.4) is 0 Å². The van der Waals surface area contributed by atoms with Crippen LogP contribution in [0, 0.1) is 23.2 Å². The van der Waals surface area contributed by atoms with Crippen LogP contribution in [-0.2, 0) is 19.7 Å². The van der Waals surface area contributed by atoms with Gasteiger partial charge in [0.1, 0.15) is 11.9 Å². The topological polar surface area (TPSA) is 56.8 Å². The van der Waals surface area contributed by atoms with Crippen LogP contribution < -0.4 is 10.1 Å². The van der Waals surface area contributed by atoms with Gasteiger partial charge in [0.25, 0.3) is 0 Å². The van der Waals surface area contributed by atoms with E-state index in [1.165, 1.54) is 24.0 Å². The monoisotopic (exact) mass is 531 g/mol. The van der Waals surface area contributed by atoms with Crippen LogP contribution in [0.15, 0.2) is 36.4 Å². The van der Waals surface area contributed by atoms with Gasteiger partial charge in [0.15, 0.2) is 0 Å². The Morgan fingerprint density at radius 1 is 1.16 bits per heavy atom. The Kier molecular flexibility index (Phi) is 8.38. The third kappa shape index (κ3) is 5.60. The maximum absolute atomic E-state index is 12.9. The molecule has 1 aromatic carbocycles. The molecule has 0 aromatic heterocycles. The number of rotatable bonds is 7. The zero-order valence-corrected chi connectivity index (χ0v) is 24.0. The molecule has 3 unspecified atom stereocenters. The summed E-state index contributed by atoms with van der Waals surface area (Å²) in [7, 11) is 1.71. The van der Waals surface area contributed by atoms with Crippen molar-refractivity contribution in [2.45, 2.75) is 89.3 Å². The van der Waals surface area contributed by atoms with Crippen molar-refractivity contribution in [3.8, 4) is 5.75 Å². The summed E-state index contributed by atoms with van der Waals surface area (Å²) >= 11 is 0. The SMILES string of the molecule is C=C1CCC[C@]2(C)C[C@H]3OC(=O)C(CNCCC4(c5ccc(OC)cc5)CCOC(C)(C)C4)[C@H]3CC12.Cl. The van der Waals surface area contributed by atoms with Gasteiger partial charge in [-0.05, 0) is 101 Å². The van der Waals surface area contributed by atoms with E-state index in [2.05, 4.69) is 56.9 Å². The van der Waals surface area contributed by atoms with Gasteiger partial charge in [0, 0.05) is 24.5 Å². The molecule has 6 heteroatoms. The molecular formula is C31H46ClNO4. The standard InChI is InChI=1S/C31H45NO4.ClH/c1-21-7-6-12-30(4)18-27-24(17-26(21)30)25(28(33)36-27)19-32-15-13-31(14-16-35-29(2,3)20-31)22-8-10-23(34-5)11-9-22;/h8-11,24-27,32H,1,6-7,12-20H2,2-5H3;1H/t24-,25?,26?,27-,30-,31?;/m1./s1. The quantitative estimate of drug-likeness (QED) is 0.256. The van der Waals surface area contributed by atoms with Crippen LogP contribution in [0.2, 0.25) is 0 Å². The molecule has 2 aliphatic carbocycles. The molecule has 2 aliphatic heterocycles. The summed E-state index contributed by atoms with van der Waals surface area (Å²) in [5, 5.41) is 3.69. The molecule has 5 nitrogen and oxygen atoms in total. The predicted molar refractivity (Wildman–Crippen MR) is 149 cm³/mol. The van der Waals surface area contributed by atoms with E-state index >= 15 is 0 Å².